The SMILES string of the molecule is NC(=O)CCS(=O)(=O)c1ccc(N)c(Cl)c1. The molecule has 1 aromatic carbocycles. The first-order chi connectivity index (χ1) is 7.33. The summed E-state index contributed by atoms with van der Waals surface area (Å²) in [4.78, 5) is 10.5. The number of sulfone groups is 1. The Labute approximate surface area is 98.3 Å². The number of anilines is 1. The van der Waals surface area contributed by atoms with Gasteiger partial charge in [-0.05, 0) is 18.2 Å². The van der Waals surface area contributed by atoms with E-state index in [1.54, 1.807) is 0 Å². The summed E-state index contributed by atoms with van der Waals surface area (Å²) < 4.78 is 23.4. The summed E-state index contributed by atoms with van der Waals surface area (Å²) in [6.07, 6.45) is -0.218. The Morgan fingerprint density at radius 2 is 2.00 bits per heavy atom. The van der Waals surface area contributed by atoms with Gasteiger partial charge < -0.3 is 11.5 Å². The van der Waals surface area contributed by atoms with Gasteiger partial charge in [-0.25, -0.2) is 8.42 Å². The van der Waals surface area contributed by atoms with E-state index in [1.165, 1.54) is 18.2 Å². The first-order valence-electron chi connectivity index (χ1n) is 4.39. The first kappa shape index (κ1) is 12.8. The molecule has 1 rings (SSSR count). The highest BCUT2D eigenvalue weighted by atomic mass is 35.5. The van der Waals surface area contributed by atoms with E-state index >= 15 is 0 Å². The highest BCUT2D eigenvalue weighted by Gasteiger charge is 2.16. The van der Waals surface area contributed by atoms with Crippen LogP contribution in [0.3, 0.4) is 0 Å². The lowest BCUT2D eigenvalue weighted by atomic mass is 10.3. The number of hydrogen-bond donors (Lipinski definition) is 2. The maximum absolute atomic E-state index is 11.7. The van der Waals surface area contributed by atoms with Gasteiger partial charge in [0.1, 0.15) is 0 Å². The molecule has 0 radical (unpaired) electrons. The van der Waals surface area contributed by atoms with E-state index in [4.69, 9.17) is 23.1 Å². The minimum atomic E-state index is -3.54. The summed E-state index contributed by atoms with van der Waals surface area (Å²) in [5, 5.41) is 0.167. The van der Waals surface area contributed by atoms with Gasteiger partial charge in [-0.3, -0.25) is 4.79 Å². The molecule has 0 aliphatic carbocycles. The summed E-state index contributed by atoms with van der Waals surface area (Å²) >= 11 is 5.70. The summed E-state index contributed by atoms with van der Waals surface area (Å²) in [7, 11) is -3.54. The Kier molecular flexibility index (Phi) is 3.77. The fraction of sp³-hybridized carbons (Fsp3) is 0.222. The zero-order valence-electron chi connectivity index (χ0n) is 8.31. The number of benzene rings is 1. The standard InChI is InChI=1S/C9H11ClN2O3S/c10-7-5-6(1-2-8(7)11)16(14,15)4-3-9(12)13/h1-2,5H,3-4,11H2,(H2,12,13). The highest BCUT2D eigenvalue weighted by Crippen LogP contribution is 2.23. The maximum atomic E-state index is 11.7. The number of carbonyl (C=O) groups is 1. The van der Waals surface area contributed by atoms with E-state index in [9.17, 15) is 13.2 Å². The number of rotatable bonds is 4. The minimum absolute atomic E-state index is 0.0351. The fourth-order valence-electron chi connectivity index (χ4n) is 1.05. The third-order valence-corrected chi connectivity index (χ3v) is 3.99. The molecule has 0 atom stereocenters. The molecule has 1 amide bonds. The molecule has 1 aromatic rings. The number of hydrogen-bond acceptors (Lipinski definition) is 4. The van der Waals surface area contributed by atoms with Crippen molar-refractivity contribution in [3.8, 4) is 0 Å². The highest BCUT2D eigenvalue weighted by molar-refractivity contribution is 7.91. The van der Waals surface area contributed by atoms with Gasteiger partial charge in [0, 0.05) is 6.42 Å². The van der Waals surface area contributed by atoms with Crippen molar-refractivity contribution in [3.63, 3.8) is 0 Å². The first-order valence-corrected chi connectivity index (χ1v) is 6.42. The molecule has 7 heteroatoms. The molecule has 0 saturated heterocycles. The van der Waals surface area contributed by atoms with Crippen molar-refractivity contribution < 1.29 is 13.2 Å². The second-order valence-corrected chi connectivity index (χ2v) is 5.73. The lowest BCUT2D eigenvalue weighted by molar-refractivity contribution is -0.117. The zero-order chi connectivity index (χ0) is 12.3. The maximum Gasteiger partial charge on any atom is 0.218 e. The topological polar surface area (TPSA) is 103 Å². The normalized spacial score (nSPS) is 11.3. The Bertz CT molecular complexity index is 513. The Morgan fingerprint density at radius 1 is 1.38 bits per heavy atom. The molecule has 88 valence electrons. The van der Waals surface area contributed by atoms with Gasteiger partial charge in [0.15, 0.2) is 9.84 Å². The van der Waals surface area contributed by atoms with Gasteiger partial charge in [-0.15, -0.1) is 0 Å². The van der Waals surface area contributed by atoms with Gasteiger partial charge in [-0.1, -0.05) is 11.6 Å². The van der Waals surface area contributed by atoms with Crippen molar-refractivity contribution >= 4 is 33.0 Å². The molecule has 0 aliphatic heterocycles. The van der Waals surface area contributed by atoms with Crippen molar-refractivity contribution in [1.29, 1.82) is 0 Å². The number of nitrogens with two attached hydrogens (primary N) is 2. The molecule has 0 bridgehead atoms. The van der Waals surface area contributed by atoms with Crippen LogP contribution in [0.15, 0.2) is 23.1 Å². The van der Waals surface area contributed by atoms with E-state index in [0.29, 0.717) is 5.69 Å². The zero-order valence-corrected chi connectivity index (χ0v) is 9.88. The molecular weight excluding hydrogens is 252 g/mol. The van der Waals surface area contributed by atoms with Crippen LogP contribution in [0.2, 0.25) is 5.02 Å². The van der Waals surface area contributed by atoms with Crippen LogP contribution in [0.25, 0.3) is 0 Å². The Hall–Kier alpha value is -1.27. The average Bonchev–Trinajstić information content (AvgIpc) is 2.19. The van der Waals surface area contributed by atoms with Crippen LogP contribution in [-0.4, -0.2) is 20.1 Å². The Morgan fingerprint density at radius 3 is 2.50 bits per heavy atom. The molecular formula is C9H11ClN2O3S. The molecule has 0 saturated carbocycles. The van der Waals surface area contributed by atoms with Gasteiger partial charge in [0.25, 0.3) is 0 Å². The average molecular weight is 263 g/mol. The number of amides is 1. The molecule has 0 spiro atoms. The van der Waals surface area contributed by atoms with Gasteiger partial charge in [0.2, 0.25) is 5.91 Å². The largest absolute Gasteiger partial charge is 0.398 e. The van der Waals surface area contributed by atoms with Crippen molar-refractivity contribution in [1.82, 2.24) is 0 Å². The fourth-order valence-corrected chi connectivity index (χ4v) is 2.58. The van der Waals surface area contributed by atoms with Crippen molar-refractivity contribution in [2.45, 2.75) is 11.3 Å². The molecule has 0 aliphatic rings. The lowest BCUT2D eigenvalue weighted by Gasteiger charge is -2.04. The van der Waals surface area contributed by atoms with Crippen LogP contribution in [0.5, 0.6) is 0 Å². The van der Waals surface area contributed by atoms with Crippen LogP contribution < -0.4 is 11.5 Å². The minimum Gasteiger partial charge on any atom is -0.398 e. The molecule has 0 heterocycles. The van der Waals surface area contributed by atoms with Crippen molar-refractivity contribution in [2.75, 3.05) is 11.5 Å². The van der Waals surface area contributed by atoms with Gasteiger partial charge in [-0.2, -0.15) is 0 Å². The molecule has 0 aromatic heterocycles. The van der Waals surface area contributed by atoms with Crippen LogP contribution in [0, 0.1) is 0 Å². The summed E-state index contributed by atoms with van der Waals surface area (Å²) in [6.45, 7) is 0. The van der Waals surface area contributed by atoms with Crippen LogP contribution >= 0.6 is 11.6 Å². The second kappa shape index (κ2) is 4.71. The van der Waals surface area contributed by atoms with E-state index in [0.717, 1.165) is 0 Å². The number of nitrogen functional groups attached to an aromatic ring is 1. The quantitative estimate of drug-likeness (QED) is 0.774. The number of halogens is 1. The third kappa shape index (κ3) is 3.11. The summed E-state index contributed by atoms with van der Waals surface area (Å²) in [6, 6.07) is 4.00. The predicted octanol–water partition coefficient (Wildman–Crippen LogP) is 0.571. The van der Waals surface area contributed by atoms with Gasteiger partial charge >= 0.3 is 0 Å². The van der Waals surface area contributed by atoms with Crippen molar-refractivity contribution in [2.24, 2.45) is 5.73 Å². The Balaban J connectivity index is 2.99. The van der Waals surface area contributed by atoms with E-state index in [1.807, 2.05) is 0 Å². The lowest BCUT2D eigenvalue weighted by Crippen LogP contribution is -2.17. The van der Waals surface area contributed by atoms with Crippen LogP contribution in [-0.2, 0) is 14.6 Å². The smallest absolute Gasteiger partial charge is 0.218 e. The molecule has 5 nitrogen and oxygen atoms in total. The van der Waals surface area contributed by atoms with Crippen LogP contribution in [0.4, 0.5) is 5.69 Å². The van der Waals surface area contributed by atoms with Gasteiger partial charge in [0.05, 0.1) is 21.4 Å². The van der Waals surface area contributed by atoms with E-state index in [2.05, 4.69) is 0 Å². The van der Waals surface area contributed by atoms with E-state index < -0.39 is 15.7 Å². The molecule has 16 heavy (non-hydrogen) atoms. The van der Waals surface area contributed by atoms with Crippen LogP contribution in [0.1, 0.15) is 6.42 Å². The summed E-state index contributed by atoms with van der Waals surface area (Å²) in [5.41, 5.74) is 10.6. The number of primary amides is 1. The monoisotopic (exact) mass is 262 g/mol. The summed E-state index contributed by atoms with van der Waals surface area (Å²) in [5.74, 6) is -0.993. The third-order valence-electron chi connectivity index (χ3n) is 1.95. The number of carbonyl (C=O) groups excluding carboxylic acids is 1. The van der Waals surface area contributed by atoms with E-state index in [-0.39, 0.29) is 22.1 Å². The molecule has 0 fully saturated rings. The van der Waals surface area contributed by atoms with Crippen molar-refractivity contribution in [3.05, 3.63) is 23.2 Å². The molecule has 0 unspecified atom stereocenters. The molecule has 4 N–H and O–H groups in total. The predicted molar refractivity (Wildman–Crippen MR) is 61.7 cm³/mol. The second-order valence-electron chi connectivity index (χ2n) is 3.22.